The van der Waals surface area contributed by atoms with E-state index in [-0.39, 0.29) is 30.7 Å². The molecule has 0 aliphatic carbocycles. The molecule has 0 radical (unpaired) electrons. The Morgan fingerprint density at radius 3 is 2.33 bits per heavy atom. The van der Waals surface area contributed by atoms with E-state index in [0.717, 1.165) is 32.1 Å². The van der Waals surface area contributed by atoms with Crippen LogP contribution in [0.2, 0.25) is 0 Å². The molecule has 3 rings (SSSR count). The van der Waals surface area contributed by atoms with Gasteiger partial charge in [0.05, 0.1) is 25.1 Å². The molecule has 1 saturated heterocycles. The van der Waals surface area contributed by atoms with Crippen molar-refractivity contribution in [3.63, 3.8) is 0 Å². The molecule has 2 aromatic rings. The minimum absolute atomic E-state index is 0. The minimum atomic E-state index is -0.180. The van der Waals surface area contributed by atoms with Crippen LogP contribution in [0.4, 0.5) is 17.2 Å². The van der Waals surface area contributed by atoms with Crippen LogP contribution in [0.1, 0.15) is 10.4 Å². The number of carbonyl (C=O) groups is 1. The van der Waals surface area contributed by atoms with Crippen molar-refractivity contribution in [1.82, 2.24) is 4.98 Å². The molecular weight excluding hydrogens is 351 g/mol. The summed E-state index contributed by atoms with van der Waals surface area (Å²) in [7, 11) is 0. The molecule has 24 heavy (non-hydrogen) atoms. The Labute approximate surface area is 153 Å². The Kier molecular flexibility index (Phi) is 7.78. The third-order valence-electron chi connectivity index (χ3n) is 3.51. The van der Waals surface area contributed by atoms with Crippen molar-refractivity contribution in [3.05, 3.63) is 48.2 Å². The number of hydrogen-bond acceptors (Lipinski definition) is 5. The van der Waals surface area contributed by atoms with Crippen LogP contribution in [0.15, 0.2) is 42.6 Å². The van der Waals surface area contributed by atoms with Crippen LogP contribution in [-0.4, -0.2) is 37.2 Å². The lowest BCUT2D eigenvalue weighted by Crippen LogP contribution is -2.36. The second-order valence-electron chi connectivity index (χ2n) is 5.08. The fourth-order valence-electron chi connectivity index (χ4n) is 2.28. The molecular formula is C16H20Cl2N4O2. The third kappa shape index (κ3) is 4.99. The average molecular weight is 371 g/mol. The molecule has 1 aliphatic rings. The maximum absolute atomic E-state index is 12.1. The van der Waals surface area contributed by atoms with Crippen molar-refractivity contribution in [2.24, 2.45) is 0 Å². The molecule has 0 saturated carbocycles. The lowest BCUT2D eigenvalue weighted by molar-refractivity contribution is 0.102. The lowest BCUT2D eigenvalue weighted by atomic mass is 10.2. The van der Waals surface area contributed by atoms with E-state index >= 15 is 0 Å². The number of halogens is 2. The number of nitrogens with one attached hydrogen (secondary N) is 1. The monoisotopic (exact) mass is 370 g/mol. The number of morpholine rings is 1. The average Bonchev–Trinajstić information content (AvgIpc) is 2.57. The van der Waals surface area contributed by atoms with E-state index in [1.165, 1.54) is 0 Å². The Morgan fingerprint density at radius 1 is 1.08 bits per heavy atom. The summed E-state index contributed by atoms with van der Waals surface area (Å²) in [5.41, 5.74) is 7.47. The van der Waals surface area contributed by atoms with Gasteiger partial charge in [-0.3, -0.25) is 4.79 Å². The van der Waals surface area contributed by atoms with Crippen LogP contribution in [0.25, 0.3) is 0 Å². The van der Waals surface area contributed by atoms with E-state index in [2.05, 4.69) is 15.2 Å². The molecule has 0 bridgehead atoms. The summed E-state index contributed by atoms with van der Waals surface area (Å²) >= 11 is 0. The second kappa shape index (κ2) is 9.32. The fourth-order valence-corrected chi connectivity index (χ4v) is 2.28. The minimum Gasteiger partial charge on any atom is -0.399 e. The van der Waals surface area contributed by atoms with Crippen molar-refractivity contribution >= 4 is 47.9 Å². The van der Waals surface area contributed by atoms with Crippen LogP contribution in [0, 0.1) is 0 Å². The standard InChI is InChI=1S/C16H18N4O2.2ClH/c17-13-3-1-12(2-4-13)16(21)19-14-5-6-15(18-11-14)20-7-9-22-10-8-20;;/h1-6,11H,7-10,17H2,(H,19,21);2*1H. The highest BCUT2D eigenvalue weighted by molar-refractivity contribution is 6.04. The Bertz CT molecular complexity index is 644. The number of nitrogens with two attached hydrogens (primary N) is 1. The molecule has 6 nitrogen and oxygen atoms in total. The van der Waals surface area contributed by atoms with E-state index in [4.69, 9.17) is 10.5 Å². The first kappa shape index (κ1) is 20.0. The van der Waals surface area contributed by atoms with Gasteiger partial charge in [0.1, 0.15) is 5.82 Å². The number of anilines is 3. The summed E-state index contributed by atoms with van der Waals surface area (Å²) in [5.74, 6) is 0.717. The van der Waals surface area contributed by atoms with Gasteiger partial charge in [-0.2, -0.15) is 0 Å². The molecule has 1 aromatic carbocycles. The fraction of sp³-hybridized carbons (Fsp3) is 0.250. The van der Waals surface area contributed by atoms with E-state index < -0.39 is 0 Å². The van der Waals surface area contributed by atoms with Gasteiger partial charge >= 0.3 is 0 Å². The SMILES string of the molecule is Cl.Cl.Nc1ccc(C(=O)Nc2ccc(N3CCOCC3)nc2)cc1. The molecule has 1 aliphatic heterocycles. The van der Waals surface area contributed by atoms with Gasteiger partial charge in [-0.25, -0.2) is 4.98 Å². The van der Waals surface area contributed by atoms with Crippen molar-refractivity contribution in [2.45, 2.75) is 0 Å². The highest BCUT2D eigenvalue weighted by Gasteiger charge is 2.12. The summed E-state index contributed by atoms with van der Waals surface area (Å²) in [6, 6.07) is 10.6. The highest BCUT2D eigenvalue weighted by atomic mass is 35.5. The number of rotatable bonds is 3. The zero-order valence-corrected chi connectivity index (χ0v) is 14.6. The summed E-state index contributed by atoms with van der Waals surface area (Å²) < 4.78 is 5.32. The Hall–Kier alpha value is -2.02. The number of benzene rings is 1. The van der Waals surface area contributed by atoms with Gasteiger partial charge in [0.25, 0.3) is 5.91 Å². The summed E-state index contributed by atoms with van der Waals surface area (Å²) in [6.45, 7) is 3.11. The number of pyridine rings is 1. The van der Waals surface area contributed by atoms with E-state index in [0.29, 0.717) is 16.9 Å². The predicted molar refractivity (Wildman–Crippen MR) is 101 cm³/mol. The Balaban J connectivity index is 0.00000144. The van der Waals surface area contributed by atoms with Crippen LogP contribution < -0.4 is 16.0 Å². The first-order valence-electron chi connectivity index (χ1n) is 7.18. The zero-order chi connectivity index (χ0) is 15.4. The Morgan fingerprint density at radius 2 is 1.75 bits per heavy atom. The first-order valence-corrected chi connectivity index (χ1v) is 7.18. The summed E-state index contributed by atoms with van der Waals surface area (Å²) in [4.78, 5) is 18.7. The lowest BCUT2D eigenvalue weighted by Gasteiger charge is -2.27. The summed E-state index contributed by atoms with van der Waals surface area (Å²) in [5, 5.41) is 2.82. The van der Waals surface area contributed by atoms with Gasteiger partial charge < -0.3 is 20.7 Å². The van der Waals surface area contributed by atoms with Gasteiger partial charge in [-0.15, -0.1) is 24.8 Å². The maximum atomic E-state index is 12.1. The normalized spacial score (nSPS) is 13.4. The van der Waals surface area contributed by atoms with E-state index in [1.807, 2.05) is 12.1 Å². The van der Waals surface area contributed by atoms with Crippen LogP contribution in [0.3, 0.4) is 0 Å². The molecule has 3 N–H and O–H groups in total. The van der Waals surface area contributed by atoms with Crippen molar-refractivity contribution in [3.8, 4) is 0 Å². The van der Waals surface area contributed by atoms with E-state index in [9.17, 15) is 4.79 Å². The highest BCUT2D eigenvalue weighted by Crippen LogP contribution is 2.16. The third-order valence-corrected chi connectivity index (χ3v) is 3.51. The molecule has 0 spiro atoms. The quantitative estimate of drug-likeness (QED) is 0.811. The number of amides is 1. The number of carbonyl (C=O) groups excluding carboxylic acids is 1. The van der Waals surface area contributed by atoms with Crippen molar-refractivity contribution < 1.29 is 9.53 Å². The molecule has 1 amide bonds. The zero-order valence-electron chi connectivity index (χ0n) is 13.0. The molecule has 8 heteroatoms. The molecule has 1 aromatic heterocycles. The number of aromatic nitrogens is 1. The van der Waals surface area contributed by atoms with Gasteiger partial charge in [0.15, 0.2) is 0 Å². The molecule has 2 heterocycles. The van der Waals surface area contributed by atoms with Gasteiger partial charge in [-0.1, -0.05) is 0 Å². The smallest absolute Gasteiger partial charge is 0.255 e. The molecule has 1 fully saturated rings. The van der Waals surface area contributed by atoms with Crippen LogP contribution in [0.5, 0.6) is 0 Å². The number of nitrogen functional groups attached to an aromatic ring is 1. The largest absolute Gasteiger partial charge is 0.399 e. The topological polar surface area (TPSA) is 80.5 Å². The molecule has 130 valence electrons. The molecule has 0 unspecified atom stereocenters. The van der Waals surface area contributed by atoms with Crippen molar-refractivity contribution in [2.75, 3.05) is 42.3 Å². The van der Waals surface area contributed by atoms with Gasteiger partial charge in [-0.05, 0) is 36.4 Å². The maximum Gasteiger partial charge on any atom is 0.255 e. The number of hydrogen-bond donors (Lipinski definition) is 2. The predicted octanol–water partition coefficient (Wildman–Crippen LogP) is 2.60. The number of nitrogens with zero attached hydrogens (tertiary/aromatic N) is 2. The number of ether oxygens (including phenoxy) is 1. The van der Waals surface area contributed by atoms with E-state index in [1.54, 1.807) is 30.5 Å². The van der Waals surface area contributed by atoms with Crippen LogP contribution in [-0.2, 0) is 4.74 Å². The van der Waals surface area contributed by atoms with Gasteiger partial charge in [0, 0.05) is 24.3 Å². The molecule has 0 atom stereocenters. The van der Waals surface area contributed by atoms with Gasteiger partial charge in [0.2, 0.25) is 0 Å². The summed E-state index contributed by atoms with van der Waals surface area (Å²) in [6.07, 6.45) is 1.67. The second-order valence-corrected chi connectivity index (χ2v) is 5.08. The van der Waals surface area contributed by atoms with Crippen LogP contribution >= 0.6 is 24.8 Å². The first-order chi connectivity index (χ1) is 10.7. The van der Waals surface area contributed by atoms with Crippen molar-refractivity contribution in [1.29, 1.82) is 0 Å².